The lowest BCUT2D eigenvalue weighted by Crippen LogP contribution is -2.05. The Morgan fingerprint density at radius 2 is 1.58 bits per heavy atom. The van der Waals surface area contributed by atoms with Gasteiger partial charge in [-0.25, -0.2) is 4.98 Å². The number of H-pyrrole nitrogens is 1. The molecule has 0 amide bonds. The molecule has 1 heterocycles. The van der Waals surface area contributed by atoms with Crippen molar-refractivity contribution in [1.82, 2.24) is 9.97 Å². The van der Waals surface area contributed by atoms with Crippen LogP contribution in [-0.2, 0) is 12.8 Å². The zero-order chi connectivity index (χ0) is 13.9. The van der Waals surface area contributed by atoms with Gasteiger partial charge in [0.25, 0.3) is 0 Å². The van der Waals surface area contributed by atoms with E-state index in [9.17, 15) is 0 Å². The van der Waals surface area contributed by atoms with Crippen LogP contribution in [0.3, 0.4) is 0 Å². The average Bonchev–Trinajstić information content (AvgIpc) is 2.73. The van der Waals surface area contributed by atoms with Crippen molar-refractivity contribution >= 4 is 0 Å². The molecule has 0 aliphatic carbocycles. The molecular weight excluding hydrogens is 234 g/mol. The molecule has 0 aliphatic heterocycles. The molecule has 3 nitrogen and oxygen atoms in total. The van der Waals surface area contributed by atoms with Gasteiger partial charge in [-0.2, -0.15) is 0 Å². The number of nitrogens with two attached hydrogens (primary N) is 1. The smallest absolute Gasteiger partial charge is 0.103 e. The first-order valence-electron chi connectivity index (χ1n) is 8.02. The van der Waals surface area contributed by atoms with Crippen LogP contribution in [0.5, 0.6) is 0 Å². The van der Waals surface area contributed by atoms with E-state index >= 15 is 0 Å². The van der Waals surface area contributed by atoms with Gasteiger partial charge in [0, 0.05) is 12.1 Å². The largest absolute Gasteiger partial charge is 0.346 e. The van der Waals surface area contributed by atoms with Crippen molar-refractivity contribution in [2.75, 3.05) is 6.54 Å². The lowest BCUT2D eigenvalue weighted by Gasteiger charge is -2.03. The Hall–Kier alpha value is -0.830. The molecule has 1 aromatic heterocycles. The molecule has 0 spiro atoms. The second kappa shape index (κ2) is 10.0. The van der Waals surface area contributed by atoms with E-state index in [1.807, 2.05) is 6.92 Å². The summed E-state index contributed by atoms with van der Waals surface area (Å²) in [7, 11) is 0. The minimum Gasteiger partial charge on any atom is -0.346 e. The topological polar surface area (TPSA) is 54.7 Å². The molecule has 110 valence electrons. The first kappa shape index (κ1) is 16.2. The van der Waals surface area contributed by atoms with Crippen LogP contribution in [0.25, 0.3) is 0 Å². The van der Waals surface area contributed by atoms with Gasteiger partial charge in [-0.15, -0.1) is 0 Å². The van der Waals surface area contributed by atoms with Gasteiger partial charge in [0.1, 0.15) is 5.82 Å². The Labute approximate surface area is 118 Å². The summed E-state index contributed by atoms with van der Waals surface area (Å²) in [6, 6.07) is 0. The number of aromatic nitrogens is 2. The molecule has 0 unspecified atom stereocenters. The molecule has 0 radical (unpaired) electrons. The number of hydrogen-bond acceptors (Lipinski definition) is 2. The highest BCUT2D eigenvalue weighted by Crippen LogP contribution is 2.13. The van der Waals surface area contributed by atoms with E-state index in [1.165, 1.54) is 62.8 Å². The number of unbranched alkanes of at least 4 members (excludes halogenated alkanes) is 7. The van der Waals surface area contributed by atoms with E-state index in [-0.39, 0.29) is 0 Å². The molecule has 0 saturated heterocycles. The number of aryl methyl sites for hydroxylation is 2. The Bertz CT molecular complexity index is 331. The summed E-state index contributed by atoms with van der Waals surface area (Å²) in [4.78, 5) is 7.90. The summed E-state index contributed by atoms with van der Waals surface area (Å²) < 4.78 is 0. The maximum absolute atomic E-state index is 5.62. The number of imidazole rings is 1. The number of nitrogens with zero attached hydrogens (tertiary/aromatic N) is 1. The molecule has 0 bridgehead atoms. The SMILES string of the molecule is CCCCCCCCCCc1[nH]c(C)nc1CCN. The normalized spacial score (nSPS) is 11.1. The third-order valence-corrected chi connectivity index (χ3v) is 3.64. The van der Waals surface area contributed by atoms with Crippen molar-refractivity contribution in [3.63, 3.8) is 0 Å². The Kier molecular flexibility index (Phi) is 8.55. The molecule has 3 heteroatoms. The minimum absolute atomic E-state index is 0.689. The van der Waals surface area contributed by atoms with Gasteiger partial charge in [-0.3, -0.25) is 0 Å². The van der Waals surface area contributed by atoms with E-state index in [2.05, 4.69) is 16.9 Å². The highest BCUT2D eigenvalue weighted by atomic mass is 14.9. The molecular formula is C16H31N3. The zero-order valence-corrected chi connectivity index (χ0v) is 12.8. The summed E-state index contributed by atoms with van der Waals surface area (Å²) in [5.74, 6) is 1.03. The molecule has 0 atom stereocenters. The fraction of sp³-hybridized carbons (Fsp3) is 0.812. The number of hydrogen-bond donors (Lipinski definition) is 2. The van der Waals surface area contributed by atoms with Gasteiger partial charge in [0.05, 0.1) is 5.69 Å². The van der Waals surface area contributed by atoms with E-state index in [0.29, 0.717) is 6.54 Å². The van der Waals surface area contributed by atoms with Crippen molar-refractivity contribution in [3.05, 3.63) is 17.2 Å². The molecule has 3 N–H and O–H groups in total. The average molecular weight is 265 g/mol. The molecule has 1 aromatic rings. The Balaban J connectivity index is 2.11. The summed E-state index contributed by atoms with van der Waals surface area (Å²) in [5.41, 5.74) is 8.12. The van der Waals surface area contributed by atoms with Crippen molar-refractivity contribution in [2.24, 2.45) is 5.73 Å². The van der Waals surface area contributed by atoms with Gasteiger partial charge < -0.3 is 10.7 Å². The van der Waals surface area contributed by atoms with Crippen molar-refractivity contribution in [3.8, 4) is 0 Å². The monoisotopic (exact) mass is 265 g/mol. The molecule has 0 fully saturated rings. The fourth-order valence-corrected chi connectivity index (χ4v) is 2.57. The summed E-state index contributed by atoms with van der Waals surface area (Å²) >= 11 is 0. The quantitative estimate of drug-likeness (QED) is 0.596. The van der Waals surface area contributed by atoms with Crippen LogP contribution in [0.15, 0.2) is 0 Å². The van der Waals surface area contributed by atoms with Gasteiger partial charge >= 0.3 is 0 Å². The maximum atomic E-state index is 5.62. The number of aromatic amines is 1. The lowest BCUT2D eigenvalue weighted by molar-refractivity contribution is 0.573. The standard InChI is InChI=1S/C16H31N3/c1-3-4-5-6-7-8-9-10-11-15-16(12-13-17)19-14(2)18-15/h3-13,17H2,1-2H3,(H,18,19). The second-order valence-corrected chi connectivity index (χ2v) is 5.51. The predicted molar refractivity (Wildman–Crippen MR) is 82.4 cm³/mol. The molecule has 0 saturated carbocycles. The van der Waals surface area contributed by atoms with Crippen molar-refractivity contribution in [1.29, 1.82) is 0 Å². The van der Waals surface area contributed by atoms with Crippen LogP contribution in [0.4, 0.5) is 0 Å². The second-order valence-electron chi connectivity index (χ2n) is 5.51. The number of nitrogens with one attached hydrogen (secondary N) is 1. The first-order valence-corrected chi connectivity index (χ1v) is 8.02. The molecule has 0 aromatic carbocycles. The number of rotatable bonds is 11. The first-order chi connectivity index (χ1) is 9.27. The zero-order valence-electron chi connectivity index (χ0n) is 12.8. The van der Waals surface area contributed by atoms with Crippen molar-refractivity contribution < 1.29 is 0 Å². The van der Waals surface area contributed by atoms with Crippen LogP contribution >= 0.6 is 0 Å². The summed E-state index contributed by atoms with van der Waals surface area (Å²) in [6.45, 7) is 4.98. The van der Waals surface area contributed by atoms with Crippen LogP contribution in [0.1, 0.15) is 75.5 Å². The summed E-state index contributed by atoms with van der Waals surface area (Å²) in [6.07, 6.45) is 13.0. The van der Waals surface area contributed by atoms with Crippen molar-refractivity contribution in [2.45, 2.75) is 78.1 Å². The van der Waals surface area contributed by atoms with Gasteiger partial charge in [-0.05, 0) is 26.3 Å². The Morgan fingerprint density at radius 3 is 2.21 bits per heavy atom. The van der Waals surface area contributed by atoms with Crippen LogP contribution in [0, 0.1) is 6.92 Å². The lowest BCUT2D eigenvalue weighted by atomic mass is 10.1. The molecule has 0 aliphatic rings. The van der Waals surface area contributed by atoms with E-state index < -0.39 is 0 Å². The fourth-order valence-electron chi connectivity index (χ4n) is 2.57. The van der Waals surface area contributed by atoms with Gasteiger partial charge in [0.15, 0.2) is 0 Å². The summed E-state index contributed by atoms with van der Waals surface area (Å²) in [5, 5.41) is 0. The van der Waals surface area contributed by atoms with Gasteiger partial charge in [-0.1, -0.05) is 51.9 Å². The maximum Gasteiger partial charge on any atom is 0.103 e. The third kappa shape index (κ3) is 6.76. The van der Waals surface area contributed by atoms with Crippen LogP contribution < -0.4 is 5.73 Å². The highest BCUT2D eigenvalue weighted by Gasteiger charge is 2.06. The van der Waals surface area contributed by atoms with Crippen LogP contribution in [0.2, 0.25) is 0 Å². The van der Waals surface area contributed by atoms with Gasteiger partial charge in [0.2, 0.25) is 0 Å². The third-order valence-electron chi connectivity index (χ3n) is 3.64. The van der Waals surface area contributed by atoms with E-state index in [0.717, 1.165) is 18.7 Å². The predicted octanol–water partition coefficient (Wildman–Crippen LogP) is 3.90. The molecule has 1 rings (SSSR count). The van der Waals surface area contributed by atoms with E-state index in [1.54, 1.807) is 0 Å². The van der Waals surface area contributed by atoms with E-state index in [4.69, 9.17) is 5.73 Å². The highest BCUT2D eigenvalue weighted by molar-refractivity contribution is 5.15. The minimum atomic E-state index is 0.689. The molecule has 19 heavy (non-hydrogen) atoms. The van der Waals surface area contributed by atoms with Crippen LogP contribution in [-0.4, -0.2) is 16.5 Å². The Morgan fingerprint density at radius 1 is 0.947 bits per heavy atom.